The largest absolute Gasteiger partial charge is 0.308 e. The van der Waals surface area contributed by atoms with Gasteiger partial charge in [0.15, 0.2) is 0 Å². The van der Waals surface area contributed by atoms with Gasteiger partial charge in [0.25, 0.3) is 0 Å². The van der Waals surface area contributed by atoms with Crippen molar-refractivity contribution in [1.82, 2.24) is 10.3 Å². The Balaban J connectivity index is 1.96. The highest BCUT2D eigenvalue weighted by atomic mass is 19.1. The topological polar surface area (TPSA) is 24.9 Å². The monoisotopic (exact) mass is 236 g/mol. The Morgan fingerprint density at radius 3 is 2.65 bits per heavy atom. The summed E-state index contributed by atoms with van der Waals surface area (Å²) in [4.78, 5) is 4.23. The van der Waals surface area contributed by atoms with E-state index in [9.17, 15) is 4.39 Å². The van der Waals surface area contributed by atoms with Crippen molar-refractivity contribution in [3.63, 3.8) is 0 Å². The zero-order valence-corrected chi connectivity index (χ0v) is 10.8. The van der Waals surface area contributed by atoms with E-state index in [-0.39, 0.29) is 5.82 Å². The Labute approximate surface area is 103 Å². The van der Waals surface area contributed by atoms with E-state index < -0.39 is 0 Å². The second-order valence-corrected chi connectivity index (χ2v) is 5.39. The van der Waals surface area contributed by atoms with Crippen molar-refractivity contribution in [1.29, 1.82) is 0 Å². The van der Waals surface area contributed by atoms with Crippen LogP contribution in [0.5, 0.6) is 0 Å². The van der Waals surface area contributed by atoms with E-state index in [1.165, 1.54) is 12.8 Å². The number of rotatable bonds is 5. The van der Waals surface area contributed by atoms with Crippen molar-refractivity contribution < 1.29 is 4.39 Å². The number of aromatic nitrogens is 1. The molecular weight excluding hydrogens is 215 g/mol. The number of nitrogens with one attached hydrogen (secondary N) is 1. The highest BCUT2D eigenvalue weighted by molar-refractivity contribution is 5.23. The Kier molecular flexibility index (Phi) is 3.77. The van der Waals surface area contributed by atoms with Crippen LogP contribution in [0, 0.1) is 11.7 Å². The summed E-state index contributed by atoms with van der Waals surface area (Å²) < 4.78 is 13.8. The standard InChI is InChI=1S/C14H21FN2/c1-9(2)10(3)16-8-14-13(15)6-12(7-17-14)11-4-5-11/h6-7,9-11,16H,4-5,8H2,1-3H3. The molecule has 1 unspecified atom stereocenters. The van der Waals surface area contributed by atoms with Crippen LogP contribution in [-0.2, 0) is 6.54 Å². The minimum atomic E-state index is -0.169. The summed E-state index contributed by atoms with van der Waals surface area (Å²) >= 11 is 0. The molecule has 1 N–H and O–H groups in total. The molecule has 0 amide bonds. The molecule has 0 aliphatic heterocycles. The van der Waals surface area contributed by atoms with Crippen LogP contribution in [-0.4, -0.2) is 11.0 Å². The molecule has 1 fully saturated rings. The van der Waals surface area contributed by atoms with Crippen LogP contribution in [0.2, 0.25) is 0 Å². The number of pyridine rings is 1. The fourth-order valence-electron chi connectivity index (χ4n) is 1.74. The van der Waals surface area contributed by atoms with E-state index in [1.807, 2.05) is 6.20 Å². The van der Waals surface area contributed by atoms with E-state index in [4.69, 9.17) is 0 Å². The predicted octanol–water partition coefficient (Wildman–Crippen LogP) is 3.23. The van der Waals surface area contributed by atoms with E-state index >= 15 is 0 Å². The van der Waals surface area contributed by atoms with Gasteiger partial charge < -0.3 is 5.32 Å². The minimum absolute atomic E-state index is 0.169. The van der Waals surface area contributed by atoms with Crippen LogP contribution >= 0.6 is 0 Å². The molecule has 2 rings (SSSR count). The van der Waals surface area contributed by atoms with Crippen molar-refractivity contribution in [2.24, 2.45) is 5.92 Å². The Morgan fingerprint density at radius 1 is 1.41 bits per heavy atom. The first kappa shape index (κ1) is 12.5. The Bertz CT molecular complexity index is 386. The molecule has 1 heterocycles. The van der Waals surface area contributed by atoms with E-state index in [0.29, 0.717) is 30.1 Å². The lowest BCUT2D eigenvalue weighted by Crippen LogP contribution is -2.30. The van der Waals surface area contributed by atoms with E-state index in [1.54, 1.807) is 6.07 Å². The van der Waals surface area contributed by atoms with Gasteiger partial charge in [-0.15, -0.1) is 0 Å². The van der Waals surface area contributed by atoms with Crippen molar-refractivity contribution in [3.8, 4) is 0 Å². The van der Waals surface area contributed by atoms with Gasteiger partial charge in [0.2, 0.25) is 0 Å². The quantitative estimate of drug-likeness (QED) is 0.849. The molecule has 0 radical (unpaired) electrons. The zero-order chi connectivity index (χ0) is 12.4. The van der Waals surface area contributed by atoms with Crippen LogP contribution in [0.1, 0.15) is 50.8 Å². The van der Waals surface area contributed by atoms with Gasteiger partial charge in [0.05, 0.1) is 5.69 Å². The summed E-state index contributed by atoms with van der Waals surface area (Å²) in [7, 11) is 0. The van der Waals surface area contributed by atoms with Gasteiger partial charge in [-0.05, 0) is 43.2 Å². The first-order valence-corrected chi connectivity index (χ1v) is 6.45. The van der Waals surface area contributed by atoms with E-state index in [0.717, 1.165) is 5.56 Å². The van der Waals surface area contributed by atoms with Crippen molar-refractivity contribution in [2.45, 2.75) is 52.1 Å². The molecule has 0 bridgehead atoms. The van der Waals surface area contributed by atoms with Crippen LogP contribution in [0.3, 0.4) is 0 Å². The normalized spacial score (nSPS) is 17.5. The average Bonchev–Trinajstić information content (AvgIpc) is 3.10. The summed E-state index contributed by atoms with van der Waals surface area (Å²) in [6, 6.07) is 2.03. The summed E-state index contributed by atoms with van der Waals surface area (Å²) in [5.41, 5.74) is 1.59. The van der Waals surface area contributed by atoms with Gasteiger partial charge in [0.1, 0.15) is 5.82 Å². The zero-order valence-electron chi connectivity index (χ0n) is 10.8. The summed E-state index contributed by atoms with van der Waals surface area (Å²) in [6.45, 7) is 6.92. The molecule has 1 saturated carbocycles. The highest BCUT2D eigenvalue weighted by Crippen LogP contribution is 2.39. The first-order chi connectivity index (χ1) is 8.08. The number of hydrogen-bond donors (Lipinski definition) is 1. The fourth-order valence-corrected chi connectivity index (χ4v) is 1.74. The Morgan fingerprint density at radius 2 is 2.12 bits per heavy atom. The second kappa shape index (κ2) is 5.13. The fraction of sp³-hybridized carbons (Fsp3) is 0.643. The predicted molar refractivity (Wildman–Crippen MR) is 67.3 cm³/mol. The van der Waals surface area contributed by atoms with Gasteiger partial charge in [-0.3, -0.25) is 4.98 Å². The van der Waals surface area contributed by atoms with Crippen LogP contribution in [0.15, 0.2) is 12.3 Å². The molecule has 1 aliphatic rings. The van der Waals surface area contributed by atoms with Crippen molar-refractivity contribution in [3.05, 3.63) is 29.3 Å². The maximum atomic E-state index is 13.8. The second-order valence-electron chi connectivity index (χ2n) is 5.39. The number of hydrogen-bond acceptors (Lipinski definition) is 2. The lowest BCUT2D eigenvalue weighted by Gasteiger charge is -2.17. The lowest BCUT2D eigenvalue weighted by molar-refractivity contribution is 0.418. The van der Waals surface area contributed by atoms with Crippen molar-refractivity contribution in [2.75, 3.05) is 0 Å². The third-order valence-electron chi connectivity index (χ3n) is 3.58. The summed E-state index contributed by atoms with van der Waals surface area (Å²) in [5, 5.41) is 3.30. The molecule has 1 aliphatic carbocycles. The smallest absolute Gasteiger partial charge is 0.146 e. The Hall–Kier alpha value is -0.960. The third kappa shape index (κ3) is 3.25. The molecule has 2 nitrogen and oxygen atoms in total. The van der Waals surface area contributed by atoms with Gasteiger partial charge in [-0.25, -0.2) is 4.39 Å². The molecule has 0 spiro atoms. The number of nitrogens with zero attached hydrogens (tertiary/aromatic N) is 1. The van der Waals surface area contributed by atoms with Crippen LogP contribution in [0.25, 0.3) is 0 Å². The molecule has 1 aromatic rings. The molecule has 3 heteroatoms. The van der Waals surface area contributed by atoms with Gasteiger partial charge in [-0.2, -0.15) is 0 Å². The summed E-state index contributed by atoms with van der Waals surface area (Å²) in [6.07, 6.45) is 4.20. The van der Waals surface area contributed by atoms with Gasteiger partial charge in [0, 0.05) is 18.8 Å². The van der Waals surface area contributed by atoms with Gasteiger partial charge in [-0.1, -0.05) is 13.8 Å². The number of halogens is 1. The molecule has 0 saturated heterocycles. The summed E-state index contributed by atoms with van der Waals surface area (Å²) in [5.74, 6) is 0.940. The average molecular weight is 236 g/mol. The molecular formula is C14H21FN2. The lowest BCUT2D eigenvalue weighted by atomic mass is 10.1. The maximum Gasteiger partial charge on any atom is 0.146 e. The molecule has 0 aromatic carbocycles. The minimum Gasteiger partial charge on any atom is -0.308 e. The van der Waals surface area contributed by atoms with Crippen LogP contribution in [0.4, 0.5) is 4.39 Å². The van der Waals surface area contributed by atoms with Crippen molar-refractivity contribution >= 4 is 0 Å². The molecule has 17 heavy (non-hydrogen) atoms. The highest BCUT2D eigenvalue weighted by Gasteiger charge is 2.24. The van der Waals surface area contributed by atoms with Gasteiger partial charge >= 0.3 is 0 Å². The van der Waals surface area contributed by atoms with Crippen LogP contribution < -0.4 is 5.32 Å². The van der Waals surface area contributed by atoms with E-state index in [2.05, 4.69) is 31.1 Å². The molecule has 94 valence electrons. The molecule has 1 atom stereocenters. The first-order valence-electron chi connectivity index (χ1n) is 6.45. The molecule has 1 aromatic heterocycles. The SMILES string of the molecule is CC(C)C(C)NCc1ncc(C2CC2)cc1F. The third-order valence-corrected chi connectivity index (χ3v) is 3.58. The maximum absolute atomic E-state index is 13.8.